The van der Waals surface area contributed by atoms with Crippen LogP contribution in [-0.2, 0) is 12.0 Å². The Bertz CT molecular complexity index is 744. The van der Waals surface area contributed by atoms with E-state index >= 15 is 0 Å². The molecule has 0 spiro atoms. The Balaban J connectivity index is 2.04. The van der Waals surface area contributed by atoms with Crippen molar-refractivity contribution in [1.82, 2.24) is 15.3 Å². The minimum absolute atomic E-state index is 0.0732. The number of carbonyl (C=O) groups excluding carboxylic acids is 1. The summed E-state index contributed by atoms with van der Waals surface area (Å²) < 4.78 is 5.58. The quantitative estimate of drug-likeness (QED) is 0.896. The smallest absolute Gasteiger partial charge is 0.337 e. The lowest BCUT2D eigenvalue weighted by atomic mass is 9.94. The molecule has 23 heavy (non-hydrogen) atoms. The zero-order chi connectivity index (χ0) is 17.2. The molecule has 0 unspecified atom stereocenters. The van der Waals surface area contributed by atoms with Gasteiger partial charge in [0, 0.05) is 5.41 Å². The fraction of sp³-hybridized carbons (Fsp3) is 0.375. The molecular formula is C16H19N3O4. The molecule has 0 bridgehead atoms. The number of hydrogen-bond acceptors (Lipinski definition) is 5. The largest absolute Gasteiger partial charge is 0.478 e. The number of nitrogens with zero attached hydrogens (tertiary/aromatic N) is 2. The zero-order valence-electron chi connectivity index (χ0n) is 13.5. The summed E-state index contributed by atoms with van der Waals surface area (Å²) in [6, 6.07) is 2.74. The second kappa shape index (κ2) is 6.20. The zero-order valence-corrected chi connectivity index (χ0v) is 13.5. The Morgan fingerprint density at radius 2 is 2.00 bits per heavy atom. The van der Waals surface area contributed by atoms with Crippen molar-refractivity contribution in [3.05, 3.63) is 46.9 Å². The van der Waals surface area contributed by atoms with Gasteiger partial charge in [0.2, 0.25) is 5.89 Å². The van der Waals surface area contributed by atoms with E-state index in [2.05, 4.69) is 15.3 Å². The van der Waals surface area contributed by atoms with Gasteiger partial charge in [-0.05, 0) is 19.1 Å². The van der Waals surface area contributed by atoms with Crippen molar-refractivity contribution in [1.29, 1.82) is 0 Å². The van der Waals surface area contributed by atoms with Crippen LogP contribution in [-0.4, -0.2) is 27.0 Å². The first-order valence-electron chi connectivity index (χ1n) is 7.13. The molecule has 7 nitrogen and oxygen atoms in total. The normalized spacial score (nSPS) is 11.3. The number of carbonyl (C=O) groups is 2. The third kappa shape index (κ3) is 3.94. The highest BCUT2D eigenvalue weighted by Crippen LogP contribution is 2.22. The molecule has 7 heteroatoms. The van der Waals surface area contributed by atoms with E-state index in [9.17, 15) is 9.59 Å². The topological polar surface area (TPSA) is 105 Å². The molecule has 2 aromatic rings. The van der Waals surface area contributed by atoms with Crippen LogP contribution in [0.5, 0.6) is 0 Å². The molecule has 0 saturated carbocycles. The Hall–Kier alpha value is -2.70. The molecule has 0 fully saturated rings. The summed E-state index contributed by atoms with van der Waals surface area (Å²) in [6.07, 6.45) is 1.64. The summed E-state index contributed by atoms with van der Waals surface area (Å²) >= 11 is 0. The molecule has 2 rings (SSSR count). The number of hydrogen-bond donors (Lipinski definition) is 2. The van der Waals surface area contributed by atoms with E-state index < -0.39 is 11.9 Å². The van der Waals surface area contributed by atoms with Crippen LogP contribution in [0.4, 0.5) is 0 Å². The van der Waals surface area contributed by atoms with Crippen molar-refractivity contribution in [3.63, 3.8) is 0 Å². The average molecular weight is 317 g/mol. The summed E-state index contributed by atoms with van der Waals surface area (Å²) in [7, 11) is 0. The fourth-order valence-corrected chi connectivity index (χ4v) is 1.90. The summed E-state index contributed by atoms with van der Waals surface area (Å²) in [6.45, 7) is 7.70. The monoisotopic (exact) mass is 317 g/mol. The molecule has 2 N–H and O–H groups in total. The van der Waals surface area contributed by atoms with Gasteiger partial charge >= 0.3 is 5.97 Å². The first kappa shape index (κ1) is 16.7. The molecule has 122 valence electrons. The molecule has 2 heterocycles. The van der Waals surface area contributed by atoms with Crippen molar-refractivity contribution >= 4 is 11.9 Å². The molecule has 0 aliphatic rings. The predicted molar refractivity (Wildman–Crippen MR) is 82.3 cm³/mol. The molecule has 0 aromatic carbocycles. The van der Waals surface area contributed by atoms with Gasteiger partial charge in [-0.15, -0.1) is 0 Å². The van der Waals surface area contributed by atoms with Crippen LogP contribution in [0.15, 0.2) is 22.7 Å². The molecule has 0 radical (unpaired) electrons. The van der Waals surface area contributed by atoms with Gasteiger partial charge in [0.15, 0.2) is 0 Å². The number of aryl methyl sites for hydroxylation is 1. The van der Waals surface area contributed by atoms with Crippen molar-refractivity contribution in [2.24, 2.45) is 0 Å². The Morgan fingerprint density at radius 1 is 1.30 bits per heavy atom. The van der Waals surface area contributed by atoms with E-state index in [4.69, 9.17) is 9.52 Å². The van der Waals surface area contributed by atoms with Gasteiger partial charge in [-0.1, -0.05) is 20.8 Å². The molecule has 0 aliphatic heterocycles. The standard InChI is InChI=1S/C16H19N3O4/c1-9-10(15(21)22)5-6-11(19-9)14(20)18-8-13-17-7-12(23-13)16(2,3)4/h5-7H,8H2,1-4H3,(H,18,20)(H,21,22). The van der Waals surface area contributed by atoms with Gasteiger partial charge in [-0.3, -0.25) is 4.79 Å². The van der Waals surface area contributed by atoms with E-state index in [1.54, 1.807) is 13.1 Å². The van der Waals surface area contributed by atoms with E-state index in [-0.39, 0.29) is 28.9 Å². The lowest BCUT2D eigenvalue weighted by Gasteiger charge is -2.13. The summed E-state index contributed by atoms with van der Waals surface area (Å²) in [4.78, 5) is 31.1. The van der Waals surface area contributed by atoms with E-state index in [0.717, 1.165) is 5.76 Å². The number of rotatable bonds is 4. The summed E-state index contributed by atoms with van der Waals surface area (Å²) in [5.41, 5.74) is 0.357. The van der Waals surface area contributed by atoms with Gasteiger partial charge in [-0.25, -0.2) is 14.8 Å². The Labute approximate surface area is 133 Å². The summed E-state index contributed by atoms with van der Waals surface area (Å²) in [5.74, 6) is -0.347. The number of pyridine rings is 1. The van der Waals surface area contributed by atoms with Crippen LogP contribution in [0.1, 0.15) is 59.0 Å². The van der Waals surface area contributed by atoms with Crippen LogP contribution in [0, 0.1) is 6.92 Å². The molecule has 1 amide bonds. The average Bonchev–Trinajstić information content (AvgIpc) is 2.93. The maximum atomic E-state index is 12.1. The van der Waals surface area contributed by atoms with Crippen molar-refractivity contribution < 1.29 is 19.1 Å². The molecule has 0 aliphatic carbocycles. The lowest BCUT2D eigenvalue weighted by molar-refractivity contribution is 0.0694. The minimum Gasteiger partial charge on any atom is -0.478 e. The first-order valence-corrected chi connectivity index (χ1v) is 7.13. The third-order valence-electron chi connectivity index (χ3n) is 3.24. The number of aromatic nitrogens is 2. The number of aromatic carboxylic acids is 1. The Morgan fingerprint density at radius 3 is 2.52 bits per heavy atom. The SMILES string of the molecule is Cc1nc(C(=O)NCc2ncc(C(C)(C)C)o2)ccc1C(=O)O. The van der Waals surface area contributed by atoms with Gasteiger partial charge in [0.05, 0.1) is 24.0 Å². The summed E-state index contributed by atoms with van der Waals surface area (Å²) in [5, 5.41) is 11.6. The van der Waals surface area contributed by atoms with Gasteiger partial charge in [0.1, 0.15) is 11.5 Å². The first-order chi connectivity index (χ1) is 10.7. The van der Waals surface area contributed by atoms with Crippen molar-refractivity contribution in [3.8, 4) is 0 Å². The second-order valence-corrected chi connectivity index (χ2v) is 6.19. The highest BCUT2D eigenvalue weighted by molar-refractivity contribution is 5.94. The van der Waals surface area contributed by atoms with Crippen molar-refractivity contribution in [2.45, 2.75) is 39.7 Å². The maximum Gasteiger partial charge on any atom is 0.337 e. The van der Waals surface area contributed by atoms with E-state index in [0.29, 0.717) is 5.89 Å². The maximum absolute atomic E-state index is 12.1. The number of amides is 1. The van der Waals surface area contributed by atoms with Gasteiger partial charge in [0.25, 0.3) is 5.91 Å². The van der Waals surface area contributed by atoms with Crippen LogP contribution in [0.2, 0.25) is 0 Å². The number of carboxylic acids is 1. The molecule has 0 atom stereocenters. The van der Waals surface area contributed by atoms with Crippen LogP contribution < -0.4 is 5.32 Å². The molecule has 2 aromatic heterocycles. The van der Waals surface area contributed by atoms with Crippen molar-refractivity contribution in [2.75, 3.05) is 0 Å². The minimum atomic E-state index is -1.07. The Kier molecular flexibility index (Phi) is 4.49. The van der Waals surface area contributed by atoms with Crippen LogP contribution in [0.25, 0.3) is 0 Å². The molecular weight excluding hydrogens is 298 g/mol. The lowest BCUT2D eigenvalue weighted by Crippen LogP contribution is -2.24. The fourth-order valence-electron chi connectivity index (χ4n) is 1.90. The van der Waals surface area contributed by atoms with Gasteiger partial charge < -0.3 is 14.8 Å². The number of nitrogens with one attached hydrogen (secondary N) is 1. The number of carboxylic acid groups (broad SMARTS) is 1. The highest BCUT2D eigenvalue weighted by atomic mass is 16.4. The van der Waals surface area contributed by atoms with E-state index in [1.807, 2.05) is 20.8 Å². The van der Waals surface area contributed by atoms with Crippen LogP contribution in [0.3, 0.4) is 0 Å². The second-order valence-electron chi connectivity index (χ2n) is 6.19. The predicted octanol–water partition coefficient (Wildman–Crippen LogP) is 2.30. The third-order valence-corrected chi connectivity index (χ3v) is 3.24. The van der Waals surface area contributed by atoms with Crippen LogP contribution >= 0.6 is 0 Å². The highest BCUT2D eigenvalue weighted by Gasteiger charge is 2.19. The van der Waals surface area contributed by atoms with E-state index in [1.165, 1.54) is 12.1 Å². The van der Waals surface area contributed by atoms with Gasteiger partial charge in [-0.2, -0.15) is 0 Å². The molecule has 0 saturated heterocycles. The number of oxazole rings is 1.